The second-order valence-electron chi connectivity index (χ2n) is 6.43. The minimum absolute atomic E-state index is 0. The van der Waals surface area contributed by atoms with Gasteiger partial charge in [0.15, 0.2) is 0 Å². The van der Waals surface area contributed by atoms with Crippen molar-refractivity contribution in [1.82, 2.24) is 10.2 Å². The number of para-hydroxylation sites is 1. The summed E-state index contributed by atoms with van der Waals surface area (Å²) in [7, 11) is 0. The van der Waals surface area contributed by atoms with Gasteiger partial charge in [0.1, 0.15) is 5.75 Å². The summed E-state index contributed by atoms with van der Waals surface area (Å²) in [6.45, 7) is 2.69. The van der Waals surface area contributed by atoms with Crippen LogP contribution in [0.2, 0.25) is 0 Å². The van der Waals surface area contributed by atoms with Crippen molar-refractivity contribution in [1.29, 1.82) is 0 Å². The third-order valence-electron chi connectivity index (χ3n) is 4.80. The number of ether oxygens (including phenoxy) is 1. The van der Waals surface area contributed by atoms with Gasteiger partial charge in [-0.15, -0.1) is 12.4 Å². The highest BCUT2D eigenvalue weighted by atomic mass is 35.5. The van der Waals surface area contributed by atoms with Gasteiger partial charge in [0, 0.05) is 31.7 Å². The van der Waals surface area contributed by atoms with Gasteiger partial charge in [-0.3, -0.25) is 9.59 Å². The Kier molecular flexibility index (Phi) is 7.08. The molecule has 0 aliphatic carbocycles. The van der Waals surface area contributed by atoms with Gasteiger partial charge in [-0.1, -0.05) is 18.2 Å². The molecule has 1 aromatic carbocycles. The van der Waals surface area contributed by atoms with E-state index in [0.29, 0.717) is 32.7 Å². The second kappa shape index (κ2) is 9.06. The number of piperidine rings is 1. The van der Waals surface area contributed by atoms with E-state index < -0.39 is 0 Å². The molecule has 1 aromatic rings. The van der Waals surface area contributed by atoms with Crippen LogP contribution in [0, 0.1) is 5.92 Å². The molecule has 3 N–H and O–H groups in total. The molecule has 0 bridgehead atoms. The average Bonchev–Trinajstić information content (AvgIpc) is 2.65. The molecule has 1 saturated heterocycles. The highest BCUT2D eigenvalue weighted by molar-refractivity contribution is 5.86. The summed E-state index contributed by atoms with van der Waals surface area (Å²) in [6.07, 6.45) is 2.37. The van der Waals surface area contributed by atoms with Crippen molar-refractivity contribution in [2.45, 2.75) is 25.2 Å². The number of halogens is 1. The molecule has 6 nitrogen and oxygen atoms in total. The first-order valence-electron chi connectivity index (χ1n) is 8.69. The first-order valence-corrected chi connectivity index (χ1v) is 8.69. The Morgan fingerprint density at radius 3 is 2.88 bits per heavy atom. The Morgan fingerprint density at radius 2 is 2.08 bits per heavy atom. The number of nitrogens with one attached hydrogen (secondary N) is 1. The maximum Gasteiger partial charge on any atom is 0.230 e. The molecule has 138 valence electrons. The first-order chi connectivity index (χ1) is 11.7. The van der Waals surface area contributed by atoms with E-state index in [9.17, 15) is 9.59 Å². The van der Waals surface area contributed by atoms with Crippen molar-refractivity contribution >= 4 is 24.2 Å². The van der Waals surface area contributed by atoms with Gasteiger partial charge in [0.2, 0.25) is 11.8 Å². The number of benzene rings is 1. The third-order valence-corrected chi connectivity index (χ3v) is 4.80. The lowest BCUT2D eigenvalue weighted by Crippen LogP contribution is -2.47. The molecule has 0 aromatic heterocycles. The number of nitrogens with zero attached hydrogens (tertiary/aromatic N) is 1. The van der Waals surface area contributed by atoms with Crippen LogP contribution in [0.4, 0.5) is 0 Å². The molecule has 0 radical (unpaired) electrons. The van der Waals surface area contributed by atoms with E-state index >= 15 is 0 Å². The minimum Gasteiger partial charge on any atom is -0.493 e. The molecular formula is C18H26ClN3O3. The molecule has 1 fully saturated rings. The van der Waals surface area contributed by atoms with Gasteiger partial charge < -0.3 is 20.7 Å². The van der Waals surface area contributed by atoms with E-state index in [1.165, 1.54) is 0 Å². The Bertz CT molecular complexity index is 611. The standard InChI is InChI=1S/C18H25N3O3.ClH/c19-8-9-20-17(22)13-4-3-10-21(12-13)18(23)15-7-11-24-16-6-2-1-5-14(15)16;/h1-2,5-6,13,15H,3-4,7-12,19H2,(H,20,22);1H. The summed E-state index contributed by atoms with van der Waals surface area (Å²) < 4.78 is 5.65. The van der Waals surface area contributed by atoms with Crippen molar-refractivity contribution < 1.29 is 14.3 Å². The quantitative estimate of drug-likeness (QED) is 0.839. The fourth-order valence-electron chi connectivity index (χ4n) is 3.55. The van der Waals surface area contributed by atoms with Gasteiger partial charge in [-0.2, -0.15) is 0 Å². The van der Waals surface area contributed by atoms with Crippen LogP contribution < -0.4 is 15.8 Å². The predicted molar refractivity (Wildman–Crippen MR) is 97.9 cm³/mol. The Balaban J connectivity index is 0.00000225. The van der Waals surface area contributed by atoms with Crippen LogP contribution in [0.5, 0.6) is 5.75 Å². The van der Waals surface area contributed by atoms with Crippen LogP contribution in [0.15, 0.2) is 24.3 Å². The van der Waals surface area contributed by atoms with Crippen molar-refractivity contribution in [3.05, 3.63) is 29.8 Å². The molecule has 25 heavy (non-hydrogen) atoms. The molecule has 2 aliphatic heterocycles. The van der Waals surface area contributed by atoms with Gasteiger partial charge in [0.05, 0.1) is 18.4 Å². The smallest absolute Gasteiger partial charge is 0.230 e. The summed E-state index contributed by atoms with van der Waals surface area (Å²) in [5.74, 6) is 0.619. The van der Waals surface area contributed by atoms with Crippen LogP contribution in [-0.4, -0.2) is 49.5 Å². The maximum atomic E-state index is 13.0. The topological polar surface area (TPSA) is 84.7 Å². The van der Waals surface area contributed by atoms with E-state index in [-0.39, 0.29) is 36.1 Å². The number of fused-ring (bicyclic) bond motifs is 1. The van der Waals surface area contributed by atoms with Crippen LogP contribution in [0.25, 0.3) is 0 Å². The predicted octanol–water partition coefficient (Wildman–Crippen LogP) is 1.29. The maximum absolute atomic E-state index is 13.0. The summed E-state index contributed by atoms with van der Waals surface area (Å²) in [6, 6.07) is 7.73. The number of likely N-dealkylation sites (tertiary alicyclic amines) is 1. The van der Waals surface area contributed by atoms with E-state index in [1.54, 1.807) is 0 Å². The first kappa shape index (κ1) is 19.5. The molecule has 0 spiro atoms. The Morgan fingerprint density at radius 1 is 1.28 bits per heavy atom. The summed E-state index contributed by atoms with van der Waals surface area (Å²) in [5.41, 5.74) is 6.40. The highest BCUT2D eigenvalue weighted by Gasteiger charge is 2.34. The van der Waals surface area contributed by atoms with E-state index in [0.717, 1.165) is 30.7 Å². The van der Waals surface area contributed by atoms with E-state index in [1.807, 2.05) is 29.2 Å². The fraction of sp³-hybridized carbons (Fsp3) is 0.556. The third kappa shape index (κ3) is 4.44. The van der Waals surface area contributed by atoms with Crippen LogP contribution in [-0.2, 0) is 9.59 Å². The highest BCUT2D eigenvalue weighted by Crippen LogP contribution is 2.35. The van der Waals surface area contributed by atoms with Gasteiger partial charge in [-0.25, -0.2) is 0 Å². The number of hydrogen-bond donors (Lipinski definition) is 2. The molecule has 7 heteroatoms. The zero-order chi connectivity index (χ0) is 16.9. The zero-order valence-electron chi connectivity index (χ0n) is 14.3. The molecule has 0 saturated carbocycles. The van der Waals surface area contributed by atoms with Crippen LogP contribution in [0.3, 0.4) is 0 Å². The number of rotatable bonds is 4. The van der Waals surface area contributed by atoms with E-state index in [4.69, 9.17) is 10.5 Å². The minimum atomic E-state index is -0.166. The van der Waals surface area contributed by atoms with Gasteiger partial charge >= 0.3 is 0 Å². The average molecular weight is 368 g/mol. The lowest BCUT2D eigenvalue weighted by Gasteiger charge is -2.36. The number of nitrogens with two attached hydrogens (primary N) is 1. The SMILES string of the molecule is Cl.NCCNC(=O)C1CCCN(C(=O)C2CCOc3ccccc32)C1. The lowest BCUT2D eigenvalue weighted by atomic mass is 9.89. The normalized spacial score (nSPS) is 22.2. The molecular weight excluding hydrogens is 342 g/mol. The van der Waals surface area contributed by atoms with E-state index in [2.05, 4.69) is 5.32 Å². The van der Waals surface area contributed by atoms with Gasteiger partial charge in [0.25, 0.3) is 0 Å². The molecule has 2 heterocycles. The molecule has 2 amide bonds. The molecule has 2 aliphatic rings. The Labute approximate surface area is 154 Å². The van der Waals surface area contributed by atoms with Gasteiger partial charge in [-0.05, 0) is 25.3 Å². The van der Waals surface area contributed by atoms with Crippen molar-refractivity contribution in [2.24, 2.45) is 11.7 Å². The van der Waals surface area contributed by atoms with Crippen molar-refractivity contribution in [3.8, 4) is 5.75 Å². The molecule has 2 atom stereocenters. The second-order valence-corrected chi connectivity index (χ2v) is 6.43. The van der Waals surface area contributed by atoms with Crippen molar-refractivity contribution in [2.75, 3.05) is 32.8 Å². The van der Waals surface area contributed by atoms with Crippen LogP contribution >= 0.6 is 12.4 Å². The summed E-state index contributed by atoms with van der Waals surface area (Å²) >= 11 is 0. The number of carbonyl (C=O) groups excluding carboxylic acids is 2. The number of amides is 2. The fourth-order valence-corrected chi connectivity index (χ4v) is 3.55. The zero-order valence-corrected chi connectivity index (χ0v) is 15.1. The lowest BCUT2D eigenvalue weighted by molar-refractivity contribution is -0.137. The number of hydrogen-bond acceptors (Lipinski definition) is 4. The monoisotopic (exact) mass is 367 g/mol. The van der Waals surface area contributed by atoms with Crippen LogP contribution in [0.1, 0.15) is 30.7 Å². The summed E-state index contributed by atoms with van der Waals surface area (Å²) in [4.78, 5) is 27.0. The largest absolute Gasteiger partial charge is 0.493 e. The summed E-state index contributed by atoms with van der Waals surface area (Å²) in [5, 5.41) is 2.83. The number of carbonyl (C=O) groups is 2. The van der Waals surface area contributed by atoms with Crippen molar-refractivity contribution in [3.63, 3.8) is 0 Å². The Hall–Kier alpha value is -1.79. The molecule has 3 rings (SSSR count). The molecule has 2 unspecified atom stereocenters.